The minimum atomic E-state index is -2.17. The van der Waals surface area contributed by atoms with Crippen LogP contribution in [0.2, 0.25) is 0 Å². The summed E-state index contributed by atoms with van der Waals surface area (Å²) in [4.78, 5) is 0. The molecule has 0 fully saturated rings. The Morgan fingerprint density at radius 1 is 0.375 bits per heavy atom. The van der Waals surface area contributed by atoms with Crippen LogP contribution in [0.4, 0.5) is 0 Å². The number of aryl methyl sites for hydroxylation is 4. The van der Waals surface area contributed by atoms with Crippen LogP contribution in [0.3, 0.4) is 0 Å². The van der Waals surface area contributed by atoms with Gasteiger partial charge in [0.05, 0.1) is 22.1 Å². The van der Waals surface area contributed by atoms with Gasteiger partial charge >= 0.3 is 0 Å². The maximum atomic E-state index is 8.00. The molecule has 9 aromatic rings. The van der Waals surface area contributed by atoms with Gasteiger partial charge in [-0.2, -0.15) is 0 Å². The van der Waals surface area contributed by atoms with Crippen LogP contribution in [0.5, 0.6) is 0 Å². The Balaban J connectivity index is 1.19. The molecule has 230 valence electrons. The lowest BCUT2D eigenvalue weighted by molar-refractivity contribution is 1.17. The van der Waals surface area contributed by atoms with Crippen molar-refractivity contribution < 1.29 is 8.22 Å². The monoisotopic (exact) mass is 622 g/mol. The Hall–Kier alpha value is -5.86. The third-order valence-electron chi connectivity index (χ3n) is 9.85. The van der Waals surface area contributed by atoms with Gasteiger partial charge in [0, 0.05) is 41.1 Å². The summed E-state index contributed by atoms with van der Waals surface area (Å²) in [5.41, 5.74) is 12.6. The average Bonchev–Trinajstić information content (AvgIpc) is 3.67. The van der Waals surface area contributed by atoms with E-state index in [0.717, 1.165) is 72.2 Å². The standard InChI is InChI=1S/C46H36N2/c1-29-13-15-35(27-31(29)3)33-17-21-37(22-18-33)47-41-11-7-5-9-39(41)45-43(47)25-26-44-46(45)40-10-6-8-12-42(40)48(44)38-23-19-34(20-24-38)36-16-14-30(2)32(4)28-36/h5-28H,1-4H3/i1D3,4D3. The first-order chi connectivity index (χ1) is 25.9. The first kappa shape index (κ1) is 22.6. The van der Waals surface area contributed by atoms with Gasteiger partial charge < -0.3 is 9.13 Å². The highest BCUT2D eigenvalue weighted by Crippen LogP contribution is 2.42. The van der Waals surface area contributed by atoms with Crippen molar-refractivity contribution in [3.8, 4) is 33.6 Å². The van der Waals surface area contributed by atoms with Gasteiger partial charge in [-0.1, -0.05) is 97.1 Å². The van der Waals surface area contributed by atoms with Crippen LogP contribution >= 0.6 is 0 Å². The summed E-state index contributed by atoms with van der Waals surface area (Å²) in [7, 11) is 0. The van der Waals surface area contributed by atoms with Crippen LogP contribution in [0, 0.1) is 27.6 Å². The first-order valence-corrected chi connectivity index (χ1v) is 16.3. The first-order valence-electron chi connectivity index (χ1n) is 19.3. The lowest BCUT2D eigenvalue weighted by atomic mass is 10.0. The normalized spacial score (nSPS) is 14.1. The van der Waals surface area contributed by atoms with E-state index in [2.05, 4.69) is 118 Å². The molecule has 2 aromatic heterocycles. The molecule has 0 amide bonds. The molecule has 0 radical (unpaired) electrons. The van der Waals surface area contributed by atoms with Gasteiger partial charge in [0.2, 0.25) is 0 Å². The average molecular weight is 623 g/mol. The summed E-state index contributed by atoms with van der Waals surface area (Å²) < 4.78 is 52.2. The number of benzene rings is 7. The molecular formula is C46H36N2. The van der Waals surface area contributed by atoms with E-state index >= 15 is 0 Å². The van der Waals surface area contributed by atoms with Crippen molar-refractivity contribution in [2.24, 2.45) is 0 Å². The fourth-order valence-corrected chi connectivity index (χ4v) is 7.33. The summed E-state index contributed by atoms with van der Waals surface area (Å²) in [6.07, 6.45) is 0. The zero-order chi connectivity index (χ0) is 37.5. The Morgan fingerprint density at radius 2 is 0.812 bits per heavy atom. The molecule has 2 heteroatoms. The van der Waals surface area contributed by atoms with Crippen LogP contribution < -0.4 is 0 Å². The predicted octanol–water partition coefficient (Wildman–Crippen LogP) is 12.4. The van der Waals surface area contributed by atoms with E-state index in [1.54, 1.807) is 12.1 Å². The molecule has 2 heterocycles. The number of hydrogen-bond acceptors (Lipinski definition) is 0. The Kier molecular flexibility index (Phi) is 5.12. The Labute approximate surface area is 289 Å². The third kappa shape index (κ3) is 4.33. The number of nitrogens with zero attached hydrogens (tertiary/aromatic N) is 2. The maximum Gasteiger partial charge on any atom is 0.0548 e. The molecule has 2 nitrogen and oxygen atoms in total. The van der Waals surface area contributed by atoms with Crippen molar-refractivity contribution >= 4 is 43.6 Å². The van der Waals surface area contributed by atoms with Crippen molar-refractivity contribution in [1.82, 2.24) is 9.13 Å². The molecule has 9 rings (SSSR count). The van der Waals surface area contributed by atoms with Crippen LogP contribution in [-0.2, 0) is 0 Å². The van der Waals surface area contributed by atoms with Crippen molar-refractivity contribution in [2.45, 2.75) is 27.6 Å². The summed E-state index contributed by atoms with van der Waals surface area (Å²) in [5, 5.41) is 4.70. The highest BCUT2D eigenvalue weighted by Gasteiger charge is 2.20. The minimum Gasteiger partial charge on any atom is -0.309 e. The second-order valence-electron chi connectivity index (χ2n) is 12.7. The van der Waals surface area contributed by atoms with Crippen molar-refractivity contribution in [2.75, 3.05) is 0 Å². The molecule has 0 bridgehead atoms. The Bertz CT molecular complexity index is 2910. The van der Waals surface area contributed by atoms with E-state index in [0.29, 0.717) is 11.1 Å². The van der Waals surface area contributed by atoms with Crippen LogP contribution in [0.1, 0.15) is 30.5 Å². The van der Waals surface area contributed by atoms with Crippen LogP contribution in [-0.4, -0.2) is 9.13 Å². The second kappa shape index (κ2) is 10.9. The number of aromatic nitrogens is 2. The highest BCUT2D eigenvalue weighted by molar-refractivity contribution is 6.28. The number of fused-ring (bicyclic) bond motifs is 7. The third-order valence-corrected chi connectivity index (χ3v) is 9.85. The molecule has 7 aromatic carbocycles. The van der Waals surface area contributed by atoms with Crippen molar-refractivity contribution in [1.29, 1.82) is 0 Å². The fourth-order valence-electron chi connectivity index (χ4n) is 7.33. The molecule has 0 N–H and O–H groups in total. The van der Waals surface area contributed by atoms with Gasteiger partial charge in [-0.05, 0) is 121 Å². The van der Waals surface area contributed by atoms with E-state index in [4.69, 9.17) is 8.22 Å². The SMILES string of the molecule is [2H]C([2H])([2H])c1ccc(-c2ccc(-n3c4ccccc4c4c5c6ccccc6n(-c6ccc(-c7ccc(C)c(C([2H])([2H])[2H])c7)cc6)c5ccc43)cc2)cc1C. The van der Waals surface area contributed by atoms with Crippen molar-refractivity contribution in [3.63, 3.8) is 0 Å². The minimum absolute atomic E-state index is 0.378. The van der Waals surface area contributed by atoms with E-state index in [9.17, 15) is 0 Å². The highest BCUT2D eigenvalue weighted by atomic mass is 15.0. The molecule has 0 saturated heterocycles. The zero-order valence-corrected chi connectivity index (χ0v) is 26.8. The number of para-hydroxylation sites is 2. The van der Waals surface area contributed by atoms with Gasteiger partial charge in [0.15, 0.2) is 0 Å². The van der Waals surface area contributed by atoms with Gasteiger partial charge in [-0.3, -0.25) is 0 Å². The van der Waals surface area contributed by atoms with E-state index in [-0.39, 0.29) is 0 Å². The second-order valence-corrected chi connectivity index (χ2v) is 12.7. The van der Waals surface area contributed by atoms with Crippen LogP contribution in [0.15, 0.2) is 146 Å². The summed E-state index contributed by atoms with van der Waals surface area (Å²) in [5.74, 6) is 0. The quantitative estimate of drug-likeness (QED) is 0.185. The van der Waals surface area contributed by atoms with E-state index < -0.39 is 13.7 Å². The van der Waals surface area contributed by atoms with E-state index in [1.165, 1.54) is 16.2 Å². The molecule has 0 saturated carbocycles. The zero-order valence-electron chi connectivity index (χ0n) is 32.8. The lowest BCUT2D eigenvalue weighted by Crippen LogP contribution is -1.95. The van der Waals surface area contributed by atoms with E-state index in [1.807, 2.05) is 38.1 Å². The fraction of sp³-hybridized carbons (Fsp3) is 0.0870. The molecule has 0 unspecified atom stereocenters. The molecule has 0 aliphatic rings. The smallest absolute Gasteiger partial charge is 0.0548 e. The molecule has 0 aliphatic heterocycles. The maximum absolute atomic E-state index is 8.00. The van der Waals surface area contributed by atoms with Gasteiger partial charge in [0.25, 0.3) is 0 Å². The molecule has 0 spiro atoms. The molecule has 0 atom stereocenters. The van der Waals surface area contributed by atoms with Gasteiger partial charge in [0.1, 0.15) is 0 Å². The largest absolute Gasteiger partial charge is 0.309 e. The summed E-state index contributed by atoms with van der Waals surface area (Å²) in [6, 6.07) is 49.6. The predicted molar refractivity (Wildman–Crippen MR) is 205 cm³/mol. The molecular weight excluding hydrogens is 581 g/mol. The molecule has 0 aliphatic carbocycles. The molecule has 48 heavy (non-hydrogen) atoms. The van der Waals surface area contributed by atoms with Gasteiger partial charge in [-0.15, -0.1) is 0 Å². The Morgan fingerprint density at radius 3 is 1.29 bits per heavy atom. The number of rotatable bonds is 4. The summed E-state index contributed by atoms with van der Waals surface area (Å²) in [6.45, 7) is -0.608. The summed E-state index contributed by atoms with van der Waals surface area (Å²) >= 11 is 0. The topological polar surface area (TPSA) is 9.86 Å². The lowest BCUT2D eigenvalue weighted by Gasteiger charge is -2.11. The van der Waals surface area contributed by atoms with Crippen molar-refractivity contribution in [3.05, 3.63) is 168 Å². The van der Waals surface area contributed by atoms with Crippen LogP contribution in [0.25, 0.3) is 77.2 Å². The number of hydrogen-bond donors (Lipinski definition) is 0. The van der Waals surface area contributed by atoms with Gasteiger partial charge in [-0.25, -0.2) is 0 Å².